The zero-order valence-electron chi connectivity index (χ0n) is 17.1. The molecule has 2 aromatic rings. The first-order chi connectivity index (χ1) is 14.6. The Morgan fingerprint density at radius 2 is 1.63 bits per heavy atom. The van der Waals surface area contributed by atoms with Gasteiger partial charge in [0.1, 0.15) is 12.4 Å². The van der Waals surface area contributed by atoms with Gasteiger partial charge in [0.15, 0.2) is 0 Å². The van der Waals surface area contributed by atoms with Crippen LogP contribution in [0.3, 0.4) is 0 Å². The Hall–Kier alpha value is -2.53. The van der Waals surface area contributed by atoms with E-state index in [0.717, 1.165) is 56.6 Å². The monoisotopic (exact) mass is 426 g/mol. The van der Waals surface area contributed by atoms with Crippen LogP contribution in [0.15, 0.2) is 48.5 Å². The number of halogens is 1. The van der Waals surface area contributed by atoms with Crippen LogP contribution in [-0.2, 0) is 11.2 Å². The molecule has 4 rings (SSSR count). The molecule has 6 heteroatoms. The molecule has 0 aromatic heterocycles. The van der Waals surface area contributed by atoms with Crippen molar-refractivity contribution in [2.75, 3.05) is 26.2 Å². The van der Waals surface area contributed by atoms with Crippen molar-refractivity contribution in [3.63, 3.8) is 0 Å². The summed E-state index contributed by atoms with van der Waals surface area (Å²) in [6.07, 6.45) is 4.48. The first kappa shape index (κ1) is 20.7. The molecule has 1 unspecified atom stereocenters. The molecule has 0 spiro atoms. The molecule has 30 heavy (non-hydrogen) atoms. The predicted molar refractivity (Wildman–Crippen MR) is 117 cm³/mol. The number of carbonyl (C=O) groups is 2. The highest BCUT2D eigenvalue weighted by Crippen LogP contribution is 2.22. The van der Waals surface area contributed by atoms with Crippen LogP contribution in [0.25, 0.3) is 0 Å². The highest BCUT2D eigenvalue weighted by Gasteiger charge is 2.29. The van der Waals surface area contributed by atoms with E-state index in [-0.39, 0.29) is 17.9 Å². The maximum Gasteiger partial charge on any atom is 0.253 e. The summed E-state index contributed by atoms with van der Waals surface area (Å²) in [5.74, 6) is 0.939. The van der Waals surface area contributed by atoms with Crippen molar-refractivity contribution in [2.45, 2.75) is 38.1 Å². The van der Waals surface area contributed by atoms with Crippen LogP contribution in [0.4, 0.5) is 0 Å². The van der Waals surface area contributed by atoms with Crippen LogP contribution >= 0.6 is 11.6 Å². The van der Waals surface area contributed by atoms with Crippen LogP contribution < -0.4 is 4.74 Å². The summed E-state index contributed by atoms with van der Waals surface area (Å²) in [7, 11) is 0. The lowest BCUT2D eigenvalue weighted by Crippen LogP contribution is -2.39. The SMILES string of the molecule is O=C(c1ccc(OCC2CCCN2C(=O)Cc2ccc(Cl)cc2)cc1)N1CCCC1. The highest BCUT2D eigenvalue weighted by atomic mass is 35.5. The number of nitrogens with zero attached hydrogens (tertiary/aromatic N) is 2. The van der Waals surface area contributed by atoms with E-state index in [1.807, 2.05) is 58.3 Å². The summed E-state index contributed by atoms with van der Waals surface area (Å²) in [4.78, 5) is 29.0. The van der Waals surface area contributed by atoms with Gasteiger partial charge in [-0.05, 0) is 67.6 Å². The van der Waals surface area contributed by atoms with Gasteiger partial charge in [0.05, 0.1) is 12.5 Å². The first-order valence-electron chi connectivity index (χ1n) is 10.7. The number of hydrogen-bond donors (Lipinski definition) is 0. The number of carbonyl (C=O) groups excluding carboxylic acids is 2. The third kappa shape index (κ3) is 4.96. The second-order valence-electron chi connectivity index (χ2n) is 8.02. The third-order valence-corrected chi connectivity index (χ3v) is 6.15. The Morgan fingerprint density at radius 3 is 2.33 bits per heavy atom. The number of likely N-dealkylation sites (tertiary alicyclic amines) is 2. The van der Waals surface area contributed by atoms with Gasteiger partial charge in [-0.3, -0.25) is 9.59 Å². The molecular formula is C24H27ClN2O3. The summed E-state index contributed by atoms with van der Waals surface area (Å²) < 4.78 is 5.96. The van der Waals surface area contributed by atoms with Gasteiger partial charge in [-0.25, -0.2) is 0 Å². The molecule has 2 fully saturated rings. The highest BCUT2D eigenvalue weighted by molar-refractivity contribution is 6.30. The number of amides is 2. The lowest BCUT2D eigenvalue weighted by molar-refractivity contribution is -0.131. The van der Waals surface area contributed by atoms with Crippen LogP contribution in [-0.4, -0.2) is 53.9 Å². The summed E-state index contributed by atoms with van der Waals surface area (Å²) in [5, 5.41) is 0.673. The van der Waals surface area contributed by atoms with Gasteiger partial charge in [0, 0.05) is 30.2 Å². The van der Waals surface area contributed by atoms with Crippen molar-refractivity contribution in [3.8, 4) is 5.75 Å². The van der Waals surface area contributed by atoms with E-state index in [1.165, 1.54) is 0 Å². The van der Waals surface area contributed by atoms with E-state index >= 15 is 0 Å². The summed E-state index contributed by atoms with van der Waals surface area (Å²) >= 11 is 5.93. The van der Waals surface area contributed by atoms with Gasteiger partial charge in [-0.1, -0.05) is 23.7 Å². The average molecular weight is 427 g/mol. The molecule has 2 saturated heterocycles. The molecule has 1 atom stereocenters. The lowest BCUT2D eigenvalue weighted by Gasteiger charge is -2.25. The van der Waals surface area contributed by atoms with Crippen LogP contribution in [0.5, 0.6) is 5.75 Å². The molecule has 0 aliphatic carbocycles. The Bertz CT molecular complexity index is 876. The molecule has 0 bridgehead atoms. The molecule has 0 N–H and O–H groups in total. The molecule has 5 nitrogen and oxygen atoms in total. The zero-order chi connectivity index (χ0) is 20.9. The molecule has 158 valence electrons. The topological polar surface area (TPSA) is 49.9 Å². The molecule has 2 aliphatic heterocycles. The molecular weight excluding hydrogens is 400 g/mol. The number of benzene rings is 2. The van der Waals surface area contributed by atoms with E-state index in [9.17, 15) is 9.59 Å². The van der Waals surface area contributed by atoms with Gasteiger partial charge in [0.25, 0.3) is 5.91 Å². The van der Waals surface area contributed by atoms with E-state index in [2.05, 4.69) is 0 Å². The van der Waals surface area contributed by atoms with Crippen LogP contribution in [0.1, 0.15) is 41.6 Å². The van der Waals surface area contributed by atoms with E-state index in [4.69, 9.17) is 16.3 Å². The minimum Gasteiger partial charge on any atom is -0.491 e. The zero-order valence-corrected chi connectivity index (χ0v) is 17.8. The number of ether oxygens (including phenoxy) is 1. The lowest BCUT2D eigenvalue weighted by atomic mass is 10.1. The summed E-state index contributed by atoms with van der Waals surface area (Å²) in [6.45, 7) is 2.92. The second kappa shape index (κ2) is 9.52. The maximum absolute atomic E-state index is 12.8. The summed E-state index contributed by atoms with van der Waals surface area (Å²) in [6, 6.07) is 14.8. The summed E-state index contributed by atoms with van der Waals surface area (Å²) in [5.41, 5.74) is 1.67. The Labute approximate surface area is 182 Å². The molecule has 0 radical (unpaired) electrons. The minimum absolute atomic E-state index is 0.0794. The van der Waals surface area contributed by atoms with Crippen LogP contribution in [0.2, 0.25) is 5.02 Å². The maximum atomic E-state index is 12.8. The van der Waals surface area contributed by atoms with Crippen molar-refractivity contribution in [1.82, 2.24) is 9.80 Å². The fraction of sp³-hybridized carbons (Fsp3) is 0.417. The molecule has 2 amide bonds. The number of rotatable bonds is 6. The predicted octanol–water partition coefficient (Wildman–Crippen LogP) is 4.19. The molecule has 2 aliphatic rings. The van der Waals surface area contributed by atoms with Gasteiger partial charge in [0.2, 0.25) is 5.91 Å². The van der Waals surface area contributed by atoms with E-state index in [0.29, 0.717) is 23.6 Å². The molecule has 0 saturated carbocycles. The van der Waals surface area contributed by atoms with E-state index in [1.54, 1.807) is 0 Å². The largest absolute Gasteiger partial charge is 0.491 e. The van der Waals surface area contributed by atoms with E-state index < -0.39 is 0 Å². The number of hydrogen-bond acceptors (Lipinski definition) is 3. The van der Waals surface area contributed by atoms with Gasteiger partial charge in [-0.2, -0.15) is 0 Å². The van der Waals surface area contributed by atoms with Crippen molar-refractivity contribution < 1.29 is 14.3 Å². The standard InChI is InChI=1S/C24H27ClN2O3/c25-20-9-5-18(6-10-20)16-23(28)27-15-3-4-21(27)17-30-22-11-7-19(8-12-22)24(29)26-13-1-2-14-26/h5-12,21H,1-4,13-17H2. The molecule has 2 aromatic carbocycles. The normalized spacial score (nSPS) is 18.6. The average Bonchev–Trinajstić information content (AvgIpc) is 3.46. The Kier molecular flexibility index (Phi) is 6.58. The fourth-order valence-electron chi connectivity index (χ4n) is 4.20. The van der Waals surface area contributed by atoms with Crippen molar-refractivity contribution in [2.24, 2.45) is 0 Å². The van der Waals surface area contributed by atoms with Crippen LogP contribution in [0, 0.1) is 0 Å². The van der Waals surface area contributed by atoms with Crippen molar-refractivity contribution in [3.05, 3.63) is 64.7 Å². The molecule has 2 heterocycles. The Morgan fingerprint density at radius 1 is 0.933 bits per heavy atom. The van der Waals surface area contributed by atoms with Gasteiger partial charge >= 0.3 is 0 Å². The van der Waals surface area contributed by atoms with Crippen molar-refractivity contribution in [1.29, 1.82) is 0 Å². The minimum atomic E-state index is 0.0794. The second-order valence-corrected chi connectivity index (χ2v) is 8.46. The fourth-order valence-corrected chi connectivity index (χ4v) is 4.33. The van der Waals surface area contributed by atoms with Crippen molar-refractivity contribution >= 4 is 23.4 Å². The Balaban J connectivity index is 1.30. The van der Waals surface area contributed by atoms with Gasteiger partial charge in [-0.15, -0.1) is 0 Å². The quantitative estimate of drug-likeness (QED) is 0.696. The third-order valence-electron chi connectivity index (χ3n) is 5.90. The van der Waals surface area contributed by atoms with Gasteiger partial charge < -0.3 is 14.5 Å². The smallest absolute Gasteiger partial charge is 0.253 e. The first-order valence-corrected chi connectivity index (χ1v) is 11.0.